The van der Waals surface area contributed by atoms with Gasteiger partial charge in [0, 0.05) is 24.2 Å². The number of hydrogen-bond donors (Lipinski definition) is 3. The van der Waals surface area contributed by atoms with Crippen molar-refractivity contribution in [2.75, 3.05) is 19.0 Å². The van der Waals surface area contributed by atoms with Crippen molar-refractivity contribution in [3.8, 4) is 5.75 Å². The minimum Gasteiger partial charge on any atom is -0.495 e. The zero-order chi connectivity index (χ0) is 19.7. The van der Waals surface area contributed by atoms with Gasteiger partial charge >= 0.3 is 6.03 Å². The SMILES string of the molecule is COc1ccc(NC(=O)CCNC(=O)NC23CC4CC(CC(C4)C2)C3)cc1Cl. The van der Waals surface area contributed by atoms with Crippen LogP contribution in [0.15, 0.2) is 18.2 Å². The third-order valence-corrected chi connectivity index (χ3v) is 6.79. The van der Waals surface area contributed by atoms with Crippen LogP contribution in [-0.4, -0.2) is 31.1 Å². The van der Waals surface area contributed by atoms with Crippen molar-refractivity contribution in [2.45, 2.75) is 50.5 Å². The highest BCUT2D eigenvalue weighted by Crippen LogP contribution is 2.55. The van der Waals surface area contributed by atoms with Crippen LogP contribution in [0.2, 0.25) is 5.02 Å². The number of anilines is 1. The molecule has 4 bridgehead atoms. The Morgan fingerprint density at radius 2 is 1.79 bits per heavy atom. The fraction of sp³-hybridized carbons (Fsp3) is 0.619. The molecule has 6 nitrogen and oxygen atoms in total. The molecule has 4 saturated carbocycles. The van der Waals surface area contributed by atoms with Gasteiger partial charge in [-0.05, 0) is 74.5 Å². The van der Waals surface area contributed by atoms with Crippen LogP contribution in [0.1, 0.15) is 44.9 Å². The normalized spacial score (nSPS) is 30.0. The summed E-state index contributed by atoms with van der Waals surface area (Å²) in [6, 6.07) is 4.93. The minimum atomic E-state index is -0.170. The summed E-state index contributed by atoms with van der Waals surface area (Å²) in [4.78, 5) is 24.5. The number of carbonyl (C=O) groups excluding carboxylic acids is 2. The number of urea groups is 1. The lowest BCUT2D eigenvalue weighted by molar-refractivity contribution is -0.116. The molecule has 4 aliphatic rings. The topological polar surface area (TPSA) is 79.5 Å². The summed E-state index contributed by atoms with van der Waals surface area (Å²) >= 11 is 6.07. The van der Waals surface area contributed by atoms with Gasteiger partial charge in [0.05, 0.1) is 12.1 Å². The maximum atomic E-state index is 12.4. The van der Waals surface area contributed by atoms with E-state index >= 15 is 0 Å². The molecule has 4 fully saturated rings. The zero-order valence-corrected chi connectivity index (χ0v) is 17.0. The molecule has 1 aromatic carbocycles. The van der Waals surface area contributed by atoms with Gasteiger partial charge in [-0.15, -0.1) is 0 Å². The maximum Gasteiger partial charge on any atom is 0.315 e. The molecular weight excluding hydrogens is 378 g/mol. The number of halogens is 1. The van der Waals surface area contributed by atoms with Gasteiger partial charge in [0.2, 0.25) is 5.91 Å². The molecule has 0 aliphatic heterocycles. The van der Waals surface area contributed by atoms with Gasteiger partial charge in [0.25, 0.3) is 0 Å². The van der Waals surface area contributed by atoms with Crippen molar-refractivity contribution in [3.63, 3.8) is 0 Å². The molecular formula is C21H28ClN3O3. The summed E-state index contributed by atoms with van der Waals surface area (Å²) in [6.07, 6.45) is 7.59. The number of nitrogens with one attached hydrogen (secondary N) is 3. The number of ether oxygens (including phenoxy) is 1. The Morgan fingerprint density at radius 3 is 2.36 bits per heavy atom. The minimum absolute atomic E-state index is 0.0130. The second-order valence-electron chi connectivity index (χ2n) is 8.73. The fourth-order valence-electron chi connectivity index (χ4n) is 5.81. The summed E-state index contributed by atoms with van der Waals surface area (Å²) in [5.41, 5.74) is 0.592. The standard InChI is InChI=1S/C21H28ClN3O3/c1-28-18-3-2-16(9-17(18)22)24-19(26)4-5-23-20(27)25-21-10-13-6-14(11-21)8-15(7-13)12-21/h2-3,9,13-15H,4-8,10-12H2,1H3,(H,24,26)(H2,23,25,27). The first kappa shape index (κ1) is 19.4. The lowest BCUT2D eigenvalue weighted by Gasteiger charge is -2.56. The van der Waals surface area contributed by atoms with E-state index in [1.807, 2.05) is 0 Å². The summed E-state index contributed by atoms with van der Waals surface area (Å²) in [5.74, 6) is 2.75. The third-order valence-electron chi connectivity index (χ3n) is 6.49. The van der Waals surface area contributed by atoms with E-state index in [1.54, 1.807) is 25.3 Å². The molecule has 3 amide bonds. The van der Waals surface area contributed by atoms with Gasteiger partial charge in [-0.25, -0.2) is 4.79 Å². The number of carbonyl (C=O) groups is 2. The van der Waals surface area contributed by atoms with E-state index in [4.69, 9.17) is 16.3 Å². The zero-order valence-electron chi connectivity index (χ0n) is 16.2. The average molecular weight is 406 g/mol. The third kappa shape index (κ3) is 4.22. The van der Waals surface area contributed by atoms with Gasteiger partial charge in [-0.2, -0.15) is 0 Å². The molecule has 0 unspecified atom stereocenters. The highest BCUT2D eigenvalue weighted by atomic mass is 35.5. The first-order chi connectivity index (χ1) is 13.4. The average Bonchev–Trinajstić information content (AvgIpc) is 2.60. The van der Waals surface area contributed by atoms with Crippen LogP contribution >= 0.6 is 11.6 Å². The van der Waals surface area contributed by atoms with E-state index in [-0.39, 0.29) is 23.9 Å². The van der Waals surface area contributed by atoms with Crippen molar-refractivity contribution in [3.05, 3.63) is 23.2 Å². The monoisotopic (exact) mass is 405 g/mol. The van der Waals surface area contributed by atoms with Gasteiger partial charge in [-0.3, -0.25) is 4.79 Å². The first-order valence-electron chi connectivity index (χ1n) is 10.1. The number of benzene rings is 1. The predicted molar refractivity (Wildman–Crippen MR) is 109 cm³/mol. The Labute approximate surface area is 170 Å². The second kappa shape index (κ2) is 7.82. The molecule has 5 rings (SSSR count). The van der Waals surface area contributed by atoms with Crippen molar-refractivity contribution < 1.29 is 14.3 Å². The summed E-state index contributed by atoms with van der Waals surface area (Å²) in [5, 5.41) is 9.32. The summed E-state index contributed by atoms with van der Waals surface area (Å²) in [7, 11) is 1.54. The van der Waals surface area contributed by atoms with Gasteiger partial charge in [-0.1, -0.05) is 11.6 Å². The number of rotatable bonds is 6. The van der Waals surface area contributed by atoms with Crippen LogP contribution < -0.4 is 20.7 Å². The molecule has 28 heavy (non-hydrogen) atoms. The molecule has 0 spiro atoms. The van der Waals surface area contributed by atoms with E-state index in [9.17, 15) is 9.59 Å². The lowest BCUT2D eigenvalue weighted by atomic mass is 9.53. The smallest absolute Gasteiger partial charge is 0.315 e. The van der Waals surface area contributed by atoms with Crippen molar-refractivity contribution in [1.29, 1.82) is 0 Å². The highest BCUT2D eigenvalue weighted by molar-refractivity contribution is 6.32. The van der Waals surface area contributed by atoms with E-state index in [2.05, 4.69) is 16.0 Å². The maximum absolute atomic E-state index is 12.4. The fourth-order valence-corrected chi connectivity index (χ4v) is 6.06. The van der Waals surface area contributed by atoms with Gasteiger partial charge < -0.3 is 20.7 Å². The van der Waals surface area contributed by atoms with Gasteiger partial charge in [0.15, 0.2) is 0 Å². The van der Waals surface area contributed by atoms with Crippen LogP contribution in [0.4, 0.5) is 10.5 Å². The molecule has 0 heterocycles. The molecule has 0 atom stereocenters. The Hall–Kier alpha value is -1.95. The molecule has 1 aromatic rings. The molecule has 0 saturated heterocycles. The van der Waals surface area contributed by atoms with Gasteiger partial charge in [0.1, 0.15) is 5.75 Å². The van der Waals surface area contributed by atoms with E-state index in [1.165, 1.54) is 19.3 Å². The predicted octanol–water partition coefficient (Wildman–Crippen LogP) is 3.95. The number of hydrogen-bond acceptors (Lipinski definition) is 3. The van der Waals surface area contributed by atoms with Crippen LogP contribution in [0.5, 0.6) is 5.75 Å². The largest absolute Gasteiger partial charge is 0.495 e. The van der Waals surface area contributed by atoms with Crippen LogP contribution in [0, 0.1) is 17.8 Å². The van der Waals surface area contributed by atoms with E-state index < -0.39 is 0 Å². The van der Waals surface area contributed by atoms with Crippen LogP contribution in [-0.2, 0) is 4.79 Å². The molecule has 152 valence electrons. The van der Waals surface area contributed by atoms with E-state index in [0.29, 0.717) is 23.0 Å². The van der Waals surface area contributed by atoms with Crippen LogP contribution in [0.3, 0.4) is 0 Å². The molecule has 3 N–H and O–H groups in total. The highest BCUT2D eigenvalue weighted by Gasteiger charge is 2.51. The summed E-state index contributed by atoms with van der Waals surface area (Å²) in [6.45, 7) is 0.300. The Bertz CT molecular complexity index is 732. The molecule has 0 radical (unpaired) electrons. The van der Waals surface area contributed by atoms with E-state index in [0.717, 1.165) is 37.0 Å². The Kier molecular flexibility index (Phi) is 5.41. The second-order valence-corrected chi connectivity index (χ2v) is 9.13. The Morgan fingerprint density at radius 1 is 1.14 bits per heavy atom. The number of methoxy groups -OCH3 is 1. The summed E-state index contributed by atoms with van der Waals surface area (Å²) < 4.78 is 5.10. The molecule has 7 heteroatoms. The quantitative estimate of drug-likeness (QED) is 0.670. The Balaban J connectivity index is 1.21. The molecule has 4 aliphatic carbocycles. The van der Waals surface area contributed by atoms with Crippen molar-refractivity contribution in [2.24, 2.45) is 17.8 Å². The van der Waals surface area contributed by atoms with Crippen molar-refractivity contribution in [1.82, 2.24) is 10.6 Å². The lowest BCUT2D eigenvalue weighted by Crippen LogP contribution is -2.61. The van der Waals surface area contributed by atoms with Crippen molar-refractivity contribution >= 4 is 29.2 Å². The number of amides is 3. The molecule has 0 aromatic heterocycles. The first-order valence-corrected chi connectivity index (χ1v) is 10.5. The van der Waals surface area contributed by atoms with Crippen LogP contribution in [0.25, 0.3) is 0 Å².